The molecule has 84 valence electrons. The van der Waals surface area contributed by atoms with E-state index >= 15 is 0 Å². The number of hydrogen-bond acceptors (Lipinski definition) is 4. The fourth-order valence-corrected chi connectivity index (χ4v) is 1.13. The van der Waals surface area contributed by atoms with Crippen LogP contribution in [0.4, 0.5) is 0 Å². The number of rotatable bonds is 3. The third-order valence-corrected chi connectivity index (χ3v) is 1.89. The smallest absolute Gasteiger partial charge is 0.337 e. The lowest BCUT2D eigenvalue weighted by molar-refractivity contribution is 0.0600. The second-order valence-corrected chi connectivity index (χ2v) is 2.96. The maximum Gasteiger partial charge on any atom is 0.337 e. The summed E-state index contributed by atoms with van der Waals surface area (Å²) >= 11 is 0. The normalized spacial score (nSPS) is 9.56. The van der Waals surface area contributed by atoms with Crippen molar-refractivity contribution < 1.29 is 24.2 Å². The molecule has 1 amide bonds. The molecule has 1 rings (SSSR count). The van der Waals surface area contributed by atoms with Gasteiger partial charge in [0, 0.05) is 5.56 Å². The van der Waals surface area contributed by atoms with Gasteiger partial charge in [-0.1, -0.05) is 0 Å². The van der Waals surface area contributed by atoms with Crippen molar-refractivity contribution in [3.05, 3.63) is 34.9 Å². The number of ether oxygens (including phenoxy) is 1. The molecule has 0 spiro atoms. The van der Waals surface area contributed by atoms with E-state index in [1.165, 1.54) is 6.07 Å². The summed E-state index contributed by atoms with van der Waals surface area (Å²) in [5.41, 5.74) is 4.73. The maximum absolute atomic E-state index is 11.2. The number of amides is 1. The molecule has 0 atom stereocenters. The van der Waals surface area contributed by atoms with Crippen LogP contribution >= 0.6 is 0 Å². The van der Waals surface area contributed by atoms with Crippen LogP contribution in [0.15, 0.2) is 18.2 Å². The van der Waals surface area contributed by atoms with E-state index in [-0.39, 0.29) is 16.7 Å². The van der Waals surface area contributed by atoms with E-state index in [0.29, 0.717) is 0 Å². The number of hydrogen-bond donors (Lipinski definition) is 2. The van der Waals surface area contributed by atoms with Gasteiger partial charge in [0.05, 0.1) is 18.2 Å². The van der Waals surface area contributed by atoms with Crippen LogP contribution < -0.4 is 5.73 Å². The van der Waals surface area contributed by atoms with Gasteiger partial charge in [-0.05, 0) is 18.2 Å². The van der Waals surface area contributed by atoms with Gasteiger partial charge < -0.3 is 15.6 Å². The van der Waals surface area contributed by atoms with Crippen molar-refractivity contribution >= 4 is 17.8 Å². The molecule has 0 aliphatic carbocycles. The van der Waals surface area contributed by atoms with Crippen LogP contribution in [0.3, 0.4) is 0 Å². The molecule has 0 bridgehead atoms. The van der Waals surface area contributed by atoms with E-state index in [1.807, 2.05) is 0 Å². The summed E-state index contributed by atoms with van der Waals surface area (Å²) in [5, 5.41) is 8.77. The average Bonchev–Trinajstić information content (AvgIpc) is 2.27. The summed E-state index contributed by atoms with van der Waals surface area (Å²) < 4.78 is 4.42. The monoisotopic (exact) mass is 223 g/mol. The predicted molar refractivity (Wildman–Crippen MR) is 53.3 cm³/mol. The quantitative estimate of drug-likeness (QED) is 0.715. The fraction of sp³-hybridized carbons (Fsp3) is 0.100. The van der Waals surface area contributed by atoms with Gasteiger partial charge in [-0.25, -0.2) is 9.59 Å². The number of esters is 1. The molecule has 0 radical (unpaired) electrons. The Bertz CT molecular complexity index is 434. The lowest BCUT2D eigenvalue weighted by Gasteiger charge is -2.03. The Balaban J connectivity index is 3.35. The second-order valence-electron chi connectivity index (χ2n) is 2.96. The van der Waals surface area contributed by atoms with Gasteiger partial charge in [0.15, 0.2) is 0 Å². The Hall–Kier alpha value is -2.37. The van der Waals surface area contributed by atoms with Gasteiger partial charge in [0.1, 0.15) is 0 Å². The number of benzene rings is 1. The van der Waals surface area contributed by atoms with Crippen molar-refractivity contribution in [1.29, 1.82) is 0 Å². The summed E-state index contributed by atoms with van der Waals surface area (Å²) in [6.45, 7) is 0. The minimum Gasteiger partial charge on any atom is -0.478 e. The van der Waals surface area contributed by atoms with Crippen LogP contribution in [0.25, 0.3) is 0 Å². The molecule has 0 aliphatic heterocycles. The third kappa shape index (κ3) is 2.35. The van der Waals surface area contributed by atoms with Crippen LogP contribution in [0.5, 0.6) is 0 Å². The Morgan fingerprint density at radius 1 is 1.12 bits per heavy atom. The van der Waals surface area contributed by atoms with Crippen LogP contribution in [-0.2, 0) is 4.74 Å². The first-order chi connectivity index (χ1) is 7.45. The van der Waals surface area contributed by atoms with Gasteiger partial charge in [-0.15, -0.1) is 0 Å². The summed E-state index contributed by atoms with van der Waals surface area (Å²) in [7, 11) is 1.15. The second kappa shape index (κ2) is 4.43. The van der Waals surface area contributed by atoms with Crippen molar-refractivity contribution in [3.63, 3.8) is 0 Å². The highest BCUT2D eigenvalue weighted by Gasteiger charge is 2.14. The molecule has 6 heteroatoms. The molecule has 0 fully saturated rings. The molecule has 0 saturated heterocycles. The van der Waals surface area contributed by atoms with E-state index in [1.54, 1.807) is 0 Å². The molecular formula is C10H9NO5. The molecule has 0 saturated carbocycles. The number of carboxylic acids is 1. The van der Waals surface area contributed by atoms with Gasteiger partial charge >= 0.3 is 11.9 Å². The first-order valence-corrected chi connectivity index (χ1v) is 4.22. The zero-order chi connectivity index (χ0) is 12.3. The van der Waals surface area contributed by atoms with Crippen molar-refractivity contribution in [2.75, 3.05) is 7.11 Å². The third-order valence-electron chi connectivity index (χ3n) is 1.89. The fourth-order valence-electron chi connectivity index (χ4n) is 1.13. The van der Waals surface area contributed by atoms with Gasteiger partial charge in [-0.3, -0.25) is 4.79 Å². The highest BCUT2D eigenvalue weighted by atomic mass is 16.5. The zero-order valence-corrected chi connectivity index (χ0v) is 8.39. The van der Waals surface area contributed by atoms with Crippen molar-refractivity contribution in [3.8, 4) is 0 Å². The summed E-state index contributed by atoms with van der Waals surface area (Å²) in [5.74, 6) is -2.80. The summed E-state index contributed by atoms with van der Waals surface area (Å²) in [4.78, 5) is 32.8. The number of carbonyl (C=O) groups is 3. The van der Waals surface area contributed by atoms with Crippen LogP contribution in [-0.4, -0.2) is 30.1 Å². The lowest BCUT2D eigenvalue weighted by Crippen LogP contribution is -2.14. The SMILES string of the molecule is COC(=O)c1cc(C(N)=O)cc(C(=O)O)c1. The number of carboxylic acid groups (broad SMARTS) is 1. The number of methoxy groups -OCH3 is 1. The lowest BCUT2D eigenvalue weighted by atomic mass is 10.1. The van der Waals surface area contributed by atoms with Gasteiger partial charge in [-0.2, -0.15) is 0 Å². The minimum absolute atomic E-state index is 0.0313. The zero-order valence-electron chi connectivity index (χ0n) is 8.39. The van der Waals surface area contributed by atoms with E-state index in [9.17, 15) is 14.4 Å². The highest BCUT2D eigenvalue weighted by molar-refractivity contribution is 6.01. The summed E-state index contributed by atoms with van der Waals surface area (Å²) in [6, 6.07) is 3.39. The average molecular weight is 223 g/mol. The first-order valence-electron chi connectivity index (χ1n) is 4.22. The predicted octanol–water partition coefficient (Wildman–Crippen LogP) is 0.270. The molecule has 0 aromatic heterocycles. The largest absolute Gasteiger partial charge is 0.478 e. The van der Waals surface area contributed by atoms with E-state index < -0.39 is 17.8 Å². The molecule has 0 heterocycles. The molecule has 0 unspecified atom stereocenters. The number of aromatic carboxylic acids is 1. The summed E-state index contributed by atoms with van der Waals surface area (Å²) in [6.07, 6.45) is 0. The maximum atomic E-state index is 11.2. The van der Waals surface area contributed by atoms with Crippen molar-refractivity contribution in [2.45, 2.75) is 0 Å². The van der Waals surface area contributed by atoms with Crippen molar-refractivity contribution in [1.82, 2.24) is 0 Å². The minimum atomic E-state index is -1.26. The Morgan fingerprint density at radius 3 is 2.06 bits per heavy atom. The molecule has 0 aliphatic rings. The van der Waals surface area contributed by atoms with E-state index in [2.05, 4.69) is 4.74 Å². The van der Waals surface area contributed by atoms with Gasteiger partial charge in [0.25, 0.3) is 0 Å². The molecule has 1 aromatic carbocycles. The molecule has 3 N–H and O–H groups in total. The van der Waals surface area contributed by atoms with E-state index in [0.717, 1.165) is 19.2 Å². The Morgan fingerprint density at radius 2 is 1.62 bits per heavy atom. The first kappa shape index (κ1) is 11.7. The number of carbonyl (C=O) groups excluding carboxylic acids is 2. The number of primary amides is 1. The van der Waals surface area contributed by atoms with Gasteiger partial charge in [0.2, 0.25) is 5.91 Å². The molecular weight excluding hydrogens is 214 g/mol. The van der Waals surface area contributed by atoms with E-state index in [4.69, 9.17) is 10.8 Å². The molecule has 16 heavy (non-hydrogen) atoms. The molecule has 6 nitrogen and oxygen atoms in total. The number of nitrogens with two attached hydrogens (primary N) is 1. The van der Waals surface area contributed by atoms with Crippen LogP contribution in [0.1, 0.15) is 31.1 Å². The topological polar surface area (TPSA) is 107 Å². The van der Waals surface area contributed by atoms with Crippen LogP contribution in [0.2, 0.25) is 0 Å². The van der Waals surface area contributed by atoms with Crippen LogP contribution in [0, 0.1) is 0 Å². The highest BCUT2D eigenvalue weighted by Crippen LogP contribution is 2.11. The molecule has 1 aromatic rings. The Labute approximate surface area is 90.6 Å². The Kier molecular flexibility index (Phi) is 3.24. The van der Waals surface area contributed by atoms with Crippen molar-refractivity contribution in [2.24, 2.45) is 5.73 Å². The standard InChI is InChI=1S/C10H9NO5/c1-16-10(15)7-3-5(8(11)12)2-6(4-7)9(13)14/h2-4H,1H3,(H2,11,12)(H,13,14).